The summed E-state index contributed by atoms with van der Waals surface area (Å²) < 4.78 is 42.9. The molecule has 2 heterocycles. The number of fused-ring (bicyclic) bond motifs is 1. The fourth-order valence-corrected chi connectivity index (χ4v) is 5.54. The molecule has 1 aliphatic heterocycles. The molecular formula is C22H26FN5O3S. The fourth-order valence-electron chi connectivity index (χ4n) is 3.99. The molecule has 1 aliphatic rings. The molecule has 8 nitrogen and oxygen atoms in total. The van der Waals surface area contributed by atoms with E-state index in [-0.39, 0.29) is 29.7 Å². The van der Waals surface area contributed by atoms with Gasteiger partial charge in [-0.3, -0.25) is 4.79 Å². The van der Waals surface area contributed by atoms with Gasteiger partial charge in [-0.15, -0.1) is 5.10 Å². The molecular weight excluding hydrogens is 433 g/mol. The molecule has 3 aromatic rings. The third-order valence-electron chi connectivity index (χ3n) is 5.67. The summed E-state index contributed by atoms with van der Waals surface area (Å²) in [4.78, 5) is 12.8. The van der Waals surface area contributed by atoms with Crippen LogP contribution >= 0.6 is 0 Å². The van der Waals surface area contributed by atoms with E-state index >= 15 is 0 Å². The van der Waals surface area contributed by atoms with Crippen LogP contribution in [0.4, 0.5) is 4.39 Å². The minimum Gasteiger partial charge on any atom is -0.352 e. The number of halogens is 1. The van der Waals surface area contributed by atoms with Crippen LogP contribution in [0, 0.1) is 11.7 Å². The van der Waals surface area contributed by atoms with Gasteiger partial charge < -0.3 is 5.32 Å². The summed E-state index contributed by atoms with van der Waals surface area (Å²) in [6.45, 7) is 3.41. The van der Waals surface area contributed by atoms with Gasteiger partial charge in [-0.05, 0) is 55.2 Å². The lowest BCUT2D eigenvalue weighted by Crippen LogP contribution is -2.45. The van der Waals surface area contributed by atoms with Crippen LogP contribution < -0.4 is 5.32 Å². The van der Waals surface area contributed by atoms with Crippen LogP contribution in [0.2, 0.25) is 0 Å². The van der Waals surface area contributed by atoms with Gasteiger partial charge in [0.2, 0.25) is 15.9 Å². The third-order valence-corrected chi connectivity index (χ3v) is 7.53. The lowest BCUT2D eigenvalue weighted by atomic mass is 9.99. The summed E-state index contributed by atoms with van der Waals surface area (Å²) in [5, 5.41) is 11.0. The van der Waals surface area contributed by atoms with E-state index in [1.807, 2.05) is 6.92 Å². The van der Waals surface area contributed by atoms with Gasteiger partial charge in [-0.2, -0.15) is 4.31 Å². The number of carbonyl (C=O) groups excluding carboxylic acids is 1. The third kappa shape index (κ3) is 4.66. The molecule has 0 aliphatic carbocycles. The van der Waals surface area contributed by atoms with Crippen LogP contribution in [-0.2, 0) is 27.9 Å². The lowest BCUT2D eigenvalue weighted by Gasteiger charge is -2.31. The normalized spacial score (nSPS) is 17.5. The van der Waals surface area contributed by atoms with Crippen molar-refractivity contribution in [3.05, 3.63) is 53.8 Å². The first-order valence-electron chi connectivity index (χ1n) is 10.7. The van der Waals surface area contributed by atoms with E-state index in [0.29, 0.717) is 37.0 Å². The maximum absolute atomic E-state index is 13.3. The number of piperidine rings is 1. The Bertz CT molecular complexity index is 1230. The quantitative estimate of drug-likeness (QED) is 0.586. The minimum absolute atomic E-state index is 0.109. The second-order valence-corrected chi connectivity index (χ2v) is 9.95. The highest BCUT2D eigenvalue weighted by Gasteiger charge is 2.33. The molecule has 1 unspecified atom stereocenters. The highest BCUT2D eigenvalue weighted by Crippen LogP contribution is 2.26. The van der Waals surface area contributed by atoms with Gasteiger partial charge >= 0.3 is 0 Å². The molecule has 1 fully saturated rings. The molecule has 1 saturated heterocycles. The Balaban J connectivity index is 1.45. The zero-order valence-electron chi connectivity index (χ0n) is 17.9. The van der Waals surface area contributed by atoms with Crippen molar-refractivity contribution in [2.75, 3.05) is 13.1 Å². The van der Waals surface area contributed by atoms with E-state index in [1.54, 1.807) is 28.9 Å². The summed E-state index contributed by atoms with van der Waals surface area (Å²) >= 11 is 0. The van der Waals surface area contributed by atoms with Crippen molar-refractivity contribution < 1.29 is 17.6 Å². The second kappa shape index (κ2) is 9.33. The number of benzene rings is 2. The van der Waals surface area contributed by atoms with E-state index in [2.05, 4.69) is 15.6 Å². The van der Waals surface area contributed by atoms with Gasteiger partial charge in [-0.1, -0.05) is 24.3 Å². The standard InChI is InChI=1S/C22H26FN5O3S/c1-2-10-28-21-9-8-19(13-20(21)25-26-28)32(30,31)27-11-4-6-17(15-27)22(29)24-14-16-5-3-7-18(23)12-16/h3,5,7-9,12-13,17H,2,4,6,10-11,14-15H2,1H3,(H,24,29). The van der Waals surface area contributed by atoms with Crippen LogP contribution in [0.1, 0.15) is 31.7 Å². The van der Waals surface area contributed by atoms with Crippen molar-refractivity contribution in [2.45, 2.75) is 44.2 Å². The van der Waals surface area contributed by atoms with E-state index in [9.17, 15) is 17.6 Å². The van der Waals surface area contributed by atoms with E-state index in [1.165, 1.54) is 22.5 Å². The van der Waals surface area contributed by atoms with Crippen molar-refractivity contribution >= 4 is 27.0 Å². The average molecular weight is 460 g/mol. The van der Waals surface area contributed by atoms with E-state index < -0.39 is 15.9 Å². The number of carbonyl (C=O) groups is 1. The van der Waals surface area contributed by atoms with Crippen LogP contribution in [0.5, 0.6) is 0 Å². The van der Waals surface area contributed by atoms with Gasteiger partial charge in [0.1, 0.15) is 11.3 Å². The zero-order valence-corrected chi connectivity index (χ0v) is 18.7. The van der Waals surface area contributed by atoms with Crippen LogP contribution in [0.15, 0.2) is 47.4 Å². The number of aryl methyl sites for hydroxylation is 1. The number of aromatic nitrogens is 3. The van der Waals surface area contributed by atoms with Gasteiger partial charge in [-0.25, -0.2) is 17.5 Å². The predicted octanol–water partition coefficient (Wildman–Crippen LogP) is 2.70. The Hall–Kier alpha value is -2.85. The van der Waals surface area contributed by atoms with Crippen LogP contribution in [-0.4, -0.2) is 46.7 Å². The largest absolute Gasteiger partial charge is 0.352 e. The first-order valence-corrected chi connectivity index (χ1v) is 12.2. The topological polar surface area (TPSA) is 97.2 Å². The smallest absolute Gasteiger partial charge is 0.243 e. The molecule has 0 radical (unpaired) electrons. The van der Waals surface area contributed by atoms with Crippen LogP contribution in [0.25, 0.3) is 11.0 Å². The van der Waals surface area contributed by atoms with E-state index in [4.69, 9.17) is 0 Å². The molecule has 1 aromatic heterocycles. The second-order valence-electron chi connectivity index (χ2n) is 8.01. The number of hydrogen-bond donors (Lipinski definition) is 1. The molecule has 1 amide bonds. The molecule has 0 bridgehead atoms. The van der Waals surface area contributed by atoms with Gasteiger partial charge in [0, 0.05) is 26.2 Å². The fraction of sp³-hybridized carbons (Fsp3) is 0.409. The number of sulfonamides is 1. The molecule has 1 atom stereocenters. The lowest BCUT2D eigenvalue weighted by molar-refractivity contribution is -0.126. The number of nitrogens with zero attached hydrogens (tertiary/aromatic N) is 4. The monoisotopic (exact) mass is 459 g/mol. The summed E-state index contributed by atoms with van der Waals surface area (Å²) in [5.41, 5.74) is 1.98. The highest BCUT2D eigenvalue weighted by molar-refractivity contribution is 7.89. The Kier molecular flexibility index (Phi) is 6.52. The van der Waals surface area contributed by atoms with Crippen molar-refractivity contribution in [3.8, 4) is 0 Å². The summed E-state index contributed by atoms with van der Waals surface area (Å²) in [7, 11) is -3.77. The first-order chi connectivity index (χ1) is 15.4. The molecule has 0 spiro atoms. The highest BCUT2D eigenvalue weighted by atomic mass is 32.2. The molecule has 1 N–H and O–H groups in total. The van der Waals surface area contributed by atoms with Crippen molar-refractivity contribution in [2.24, 2.45) is 5.92 Å². The SMILES string of the molecule is CCCn1nnc2cc(S(=O)(=O)N3CCCC(C(=O)NCc4cccc(F)c4)C3)ccc21. The van der Waals surface area contributed by atoms with Crippen LogP contribution in [0.3, 0.4) is 0 Å². The molecule has 4 rings (SSSR count). The van der Waals surface area contributed by atoms with Crippen molar-refractivity contribution in [1.29, 1.82) is 0 Å². The number of nitrogens with one attached hydrogen (secondary N) is 1. The summed E-state index contributed by atoms with van der Waals surface area (Å²) in [6, 6.07) is 10.9. The molecule has 0 saturated carbocycles. The molecule has 10 heteroatoms. The van der Waals surface area contributed by atoms with Gasteiger partial charge in [0.05, 0.1) is 16.3 Å². The van der Waals surface area contributed by atoms with Gasteiger partial charge in [0.25, 0.3) is 0 Å². The van der Waals surface area contributed by atoms with E-state index in [0.717, 1.165) is 11.9 Å². The number of rotatable bonds is 7. The Morgan fingerprint density at radius 1 is 1.25 bits per heavy atom. The van der Waals surface area contributed by atoms with Crippen molar-refractivity contribution in [1.82, 2.24) is 24.6 Å². The van der Waals surface area contributed by atoms with Crippen molar-refractivity contribution in [3.63, 3.8) is 0 Å². The Morgan fingerprint density at radius 3 is 2.88 bits per heavy atom. The Morgan fingerprint density at radius 2 is 2.09 bits per heavy atom. The zero-order chi connectivity index (χ0) is 22.7. The average Bonchev–Trinajstić information content (AvgIpc) is 3.20. The Labute approximate surface area is 186 Å². The molecule has 32 heavy (non-hydrogen) atoms. The maximum atomic E-state index is 13.3. The predicted molar refractivity (Wildman–Crippen MR) is 118 cm³/mol. The minimum atomic E-state index is -3.77. The number of hydrogen-bond acceptors (Lipinski definition) is 5. The first kappa shape index (κ1) is 22.3. The molecule has 2 aromatic carbocycles. The number of amides is 1. The summed E-state index contributed by atoms with van der Waals surface area (Å²) in [5.74, 6) is -1.05. The maximum Gasteiger partial charge on any atom is 0.243 e. The van der Waals surface area contributed by atoms with Gasteiger partial charge in [0.15, 0.2) is 0 Å². The summed E-state index contributed by atoms with van der Waals surface area (Å²) in [6.07, 6.45) is 2.09. The molecule has 170 valence electrons.